The molecule has 0 atom stereocenters. The lowest BCUT2D eigenvalue weighted by atomic mass is 10.1. The van der Waals surface area contributed by atoms with Crippen LogP contribution in [0.3, 0.4) is 0 Å². The number of nitrogens with one attached hydrogen (secondary N) is 1. The van der Waals surface area contributed by atoms with Crippen LogP contribution in [0.4, 0.5) is 5.82 Å². The maximum atomic E-state index is 11.9. The summed E-state index contributed by atoms with van der Waals surface area (Å²) in [6.45, 7) is 0. The third-order valence-electron chi connectivity index (χ3n) is 2.68. The molecule has 0 spiro atoms. The average molecular weight is 282 g/mol. The van der Waals surface area contributed by atoms with Gasteiger partial charge >= 0.3 is 0 Å². The largest absolute Gasteiger partial charge is 0.306 e. The maximum Gasteiger partial charge on any atom is 0.259 e. The van der Waals surface area contributed by atoms with Crippen LogP contribution in [-0.4, -0.2) is 20.9 Å². The summed E-state index contributed by atoms with van der Waals surface area (Å²) in [5, 5.41) is 6.77. The van der Waals surface area contributed by atoms with Gasteiger partial charge in [-0.3, -0.25) is 4.79 Å². The fraction of sp³-hybridized carbons (Fsp3) is 0. The molecule has 98 valence electrons. The summed E-state index contributed by atoms with van der Waals surface area (Å²) in [6.07, 6.45) is 6.04. The van der Waals surface area contributed by atoms with Gasteiger partial charge in [-0.1, -0.05) is 0 Å². The van der Waals surface area contributed by atoms with Crippen LogP contribution in [0.5, 0.6) is 0 Å². The fourth-order valence-corrected chi connectivity index (χ4v) is 2.34. The molecule has 6 heteroatoms. The van der Waals surface area contributed by atoms with E-state index < -0.39 is 0 Å². The number of rotatable bonds is 3. The number of amides is 1. The first-order valence-corrected chi connectivity index (χ1v) is 6.82. The lowest BCUT2D eigenvalue weighted by molar-refractivity contribution is 0.102. The lowest BCUT2D eigenvalue weighted by Crippen LogP contribution is -2.13. The number of thiophene rings is 1. The second kappa shape index (κ2) is 5.58. The molecule has 20 heavy (non-hydrogen) atoms. The smallest absolute Gasteiger partial charge is 0.259 e. The van der Waals surface area contributed by atoms with Crippen LogP contribution >= 0.6 is 11.3 Å². The first-order valence-electron chi connectivity index (χ1n) is 5.88. The normalized spacial score (nSPS) is 10.2. The van der Waals surface area contributed by atoms with E-state index in [0.717, 1.165) is 11.1 Å². The zero-order valence-corrected chi connectivity index (χ0v) is 11.2. The highest BCUT2D eigenvalue weighted by atomic mass is 32.1. The van der Waals surface area contributed by atoms with Crippen molar-refractivity contribution in [2.24, 2.45) is 0 Å². The number of hydrogen-bond acceptors (Lipinski definition) is 5. The van der Waals surface area contributed by atoms with Crippen molar-refractivity contribution >= 4 is 23.1 Å². The van der Waals surface area contributed by atoms with Crippen LogP contribution in [0, 0.1) is 0 Å². The summed E-state index contributed by atoms with van der Waals surface area (Å²) >= 11 is 1.64. The predicted molar refractivity (Wildman–Crippen MR) is 77.5 cm³/mol. The molecule has 0 radical (unpaired) electrons. The zero-order valence-electron chi connectivity index (χ0n) is 10.4. The predicted octanol–water partition coefficient (Wildman–Crippen LogP) is 2.85. The molecule has 0 aliphatic rings. The molecule has 0 bridgehead atoms. The van der Waals surface area contributed by atoms with Crippen molar-refractivity contribution in [3.05, 3.63) is 59.4 Å². The Bertz CT molecular complexity index is 696. The van der Waals surface area contributed by atoms with Gasteiger partial charge in [-0.15, -0.1) is 0 Å². The number of carbonyl (C=O) groups is 1. The van der Waals surface area contributed by atoms with Crippen LogP contribution < -0.4 is 5.32 Å². The maximum absolute atomic E-state index is 11.9. The Labute approximate surface area is 119 Å². The van der Waals surface area contributed by atoms with Gasteiger partial charge in [-0.25, -0.2) is 15.0 Å². The van der Waals surface area contributed by atoms with E-state index in [2.05, 4.69) is 25.6 Å². The molecule has 1 N–H and O–H groups in total. The van der Waals surface area contributed by atoms with E-state index in [-0.39, 0.29) is 5.91 Å². The van der Waals surface area contributed by atoms with E-state index in [1.165, 1.54) is 18.7 Å². The van der Waals surface area contributed by atoms with Gasteiger partial charge in [0, 0.05) is 24.2 Å². The standard InChI is InChI=1S/C14H10N4OS/c19-14(12-5-15-9-16-6-12)18-13-2-1-10(7-17-13)11-3-4-20-8-11/h1-9H,(H,17,18,19). The monoisotopic (exact) mass is 282 g/mol. The number of nitrogens with zero attached hydrogens (tertiary/aromatic N) is 3. The van der Waals surface area contributed by atoms with Crippen molar-refractivity contribution in [2.45, 2.75) is 0 Å². The SMILES string of the molecule is O=C(Nc1ccc(-c2ccsc2)cn1)c1cncnc1. The summed E-state index contributed by atoms with van der Waals surface area (Å²) in [5.74, 6) is 0.221. The minimum absolute atomic E-state index is 0.276. The Hall–Kier alpha value is -2.60. The third kappa shape index (κ3) is 2.70. The highest BCUT2D eigenvalue weighted by Gasteiger charge is 2.07. The Morgan fingerprint density at radius 2 is 1.90 bits per heavy atom. The topological polar surface area (TPSA) is 67.8 Å². The van der Waals surface area contributed by atoms with Gasteiger partial charge in [0.25, 0.3) is 5.91 Å². The molecule has 1 amide bonds. The Morgan fingerprint density at radius 3 is 2.55 bits per heavy atom. The van der Waals surface area contributed by atoms with Gasteiger partial charge in [-0.2, -0.15) is 11.3 Å². The van der Waals surface area contributed by atoms with Crippen LogP contribution in [0.15, 0.2) is 53.9 Å². The summed E-state index contributed by atoms with van der Waals surface area (Å²) in [5.41, 5.74) is 2.54. The van der Waals surface area contributed by atoms with E-state index in [9.17, 15) is 4.79 Å². The highest BCUT2D eigenvalue weighted by Crippen LogP contribution is 2.22. The molecule has 3 heterocycles. The molecule has 0 fully saturated rings. The zero-order chi connectivity index (χ0) is 13.8. The molecule has 0 saturated heterocycles. The van der Waals surface area contributed by atoms with Crippen molar-refractivity contribution in [3.63, 3.8) is 0 Å². The fourth-order valence-electron chi connectivity index (χ4n) is 1.67. The van der Waals surface area contributed by atoms with Crippen LogP contribution in [0.2, 0.25) is 0 Å². The average Bonchev–Trinajstić information content (AvgIpc) is 3.03. The van der Waals surface area contributed by atoms with Crippen molar-refractivity contribution in [3.8, 4) is 11.1 Å². The molecule has 0 aromatic carbocycles. The van der Waals surface area contributed by atoms with Gasteiger partial charge in [0.15, 0.2) is 0 Å². The number of anilines is 1. The van der Waals surface area contributed by atoms with E-state index in [4.69, 9.17) is 0 Å². The van der Waals surface area contributed by atoms with Crippen LogP contribution in [0.25, 0.3) is 11.1 Å². The second-order valence-corrected chi connectivity index (χ2v) is 4.81. The number of hydrogen-bond donors (Lipinski definition) is 1. The van der Waals surface area contributed by atoms with Crippen molar-refractivity contribution in [1.82, 2.24) is 15.0 Å². The molecule has 3 aromatic heterocycles. The molecule has 3 rings (SSSR count). The summed E-state index contributed by atoms with van der Waals surface area (Å²) in [7, 11) is 0. The second-order valence-electron chi connectivity index (χ2n) is 4.03. The number of carbonyl (C=O) groups excluding carboxylic acids is 1. The van der Waals surface area contributed by atoms with Gasteiger partial charge in [0.1, 0.15) is 12.1 Å². The summed E-state index contributed by atoms with van der Waals surface area (Å²) < 4.78 is 0. The third-order valence-corrected chi connectivity index (χ3v) is 3.37. The van der Waals surface area contributed by atoms with Crippen molar-refractivity contribution in [2.75, 3.05) is 5.32 Å². The lowest BCUT2D eigenvalue weighted by Gasteiger charge is -2.04. The molecule has 0 aliphatic heterocycles. The summed E-state index contributed by atoms with van der Waals surface area (Å²) in [6, 6.07) is 5.72. The molecule has 0 aliphatic carbocycles. The van der Waals surface area contributed by atoms with Gasteiger partial charge in [0.05, 0.1) is 5.56 Å². The van der Waals surface area contributed by atoms with Crippen LogP contribution in [0.1, 0.15) is 10.4 Å². The molecular formula is C14H10N4OS. The molecule has 0 saturated carbocycles. The van der Waals surface area contributed by atoms with E-state index >= 15 is 0 Å². The van der Waals surface area contributed by atoms with E-state index in [0.29, 0.717) is 11.4 Å². The van der Waals surface area contributed by atoms with Crippen molar-refractivity contribution in [1.29, 1.82) is 0 Å². The van der Waals surface area contributed by atoms with E-state index in [1.54, 1.807) is 23.6 Å². The van der Waals surface area contributed by atoms with Gasteiger partial charge in [-0.05, 0) is 34.5 Å². The minimum Gasteiger partial charge on any atom is -0.306 e. The molecule has 0 unspecified atom stereocenters. The first-order chi connectivity index (χ1) is 9.83. The Morgan fingerprint density at radius 1 is 1.05 bits per heavy atom. The first kappa shape index (κ1) is 12.4. The Balaban J connectivity index is 1.74. The van der Waals surface area contributed by atoms with Crippen LogP contribution in [-0.2, 0) is 0 Å². The molecule has 3 aromatic rings. The van der Waals surface area contributed by atoms with Gasteiger partial charge < -0.3 is 5.32 Å². The Kier molecular flexibility index (Phi) is 3.47. The van der Waals surface area contributed by atoms with Crippen molar-refractivity contribution < 1.29 is 4.79 Å². The number of aromatic nitrogens is 3. The highest BCUT2D eigenvalue weighted by molar-refractivity contribution is 7.08. The van der Waals surface area contributed by atoms with Gasteiger partial charge in [0.2, 0.25) is 0 Å². The number of pyridine rings is 1. The quantitative estimate of drug-likeness (QED) is 0.802. The molecule has 5 nitrogen and oxygen atoms in total. The summed E-state index contributed by atoms with van der Waals surface area (Å²) in [4.78, 5) is 23.7. The molecular weight excluding hydrogens is 272 g/mol. The van der Waals surface area contributed by atoms with E-state index in [1.807, 2.05) is 17.5 Å². The minimum atomic E-state index is -0.276.